The van der Waals surface area contributed by atoms with Gasteiger partial charge >= 0.3 is 0 Å². The summed E-state index contributed by atoms with van der Waals surface area (Å²) in [6.07, 6.45) is 3.78. The maximum Gasteiger partial charge on any atom is 0.240 e. The van der Waals surface area contributed by atoms with Gasteiger partial charge in [0.15, 0.2) is 0 Å². The van der Waals surface area contributed by atoms with Gasteiger partial charge in [0.05, 0.1) is 4.90 Å². The van der Waals surface area contributed by atoms with Gasteiger partial charge in [-0.1, -0.05) is 18.7 Å². The van der Waals surface area contributed by atoms with Crippen LogP contribution in [0, 0.1) is 12.8 Å². The molecule has 0 unspecified atom stereocenters. The Morgan fingerprint density at radius 3 is 2.70 bits per heavy atom. The highest BCUT2D eigenvalue weighted by Crippen LogP contribution is 2.17. The van der Waals surface area contributed by atoms with Crippen molar-refractivity contribution in [1.29, 1.82) is 0 Å². The van der Waals surface area contributed by atoms with Crippen LogP contribution in [-0.4, -0.2) is 28.1 Å². The average molecular weight is 294 g/mol. The summed E-state index contributed by atoms with van der Waals surface area (Å²) in [5.74, 6) is 0.430. The van der Waals surface area contributed by atoms with Crippen LogP contribution < -0.4 is 10.0 Å². The Kier molecular flexibility index (Phi) is 4.96. The van der Waals surface area contributed by atoms with Crippen molar-refractivity contribution < 1.29 is 8.42 Å². The molecule has 1 fully saturated rings. The minimum Gasteiger partial charge on any atom is -0.317 e. The zero-order valence-corrected chi connectivity index (χ0v) is 12.7. The molecule has 0 aromatic heterocycles. The molecule has 1 heterocycles. The van der Waals surface area contributed by atoms with E-state index in [1.54, 1.807) is 24.3 Å². The molecule has 2 N–H and O–H groups in total. The van der Waals surface area contributed by atoms with Gasteiger partial charge in [-0.3, -0.25) is 0 Å². The number of rotatable bonds is 5. The summed E-state index contributed by atoms with van der Waals surface area (Å²) in [6.45, 7) is 8.07. The standard InChI is InChI=1S/C15H22N2O2S/c1-3-14-4-5-15(10-12(14)2)20(18,19)17-11-13-6-8-16-9-7-13/h3-5,10,13,16-17H,1,6-9,11H2,2H3. The Bertz CT molecular complexity index is 576. The zero-order valence-electron chi connectivity index (χ0n) is 11.9. The quantitative estimate of drug-likeness (QED) is 0.872. The molecule has 2 rings (SSSR count). The first-order valence-electron chi connectivity index (χ1n) is 6.96. The van der Waals surface area contributed by atoms with Crippen molar-refractivity contribution in [1.82, 2.24) is 10.0 Å². The highest BCUT2D eigenvalue weighted by atomic mass is 32.2. The van der Waals surface area contributed by atoms with Crippen LogP contribution >= 0.6 is 0 Å². The van der Waals surface area contributed by atoms with Gasteiger partial charge in [0.25, 0.3) is 0 Å². The predicted octanol–water partition coefficient (Wildman–Crippen LogP) is 1.92. The van der Waals surface area contributed by atoms with E-state index >= 15 is 0 Å². The summed E-state index contributed by atoms with van der Waals surface area (Å²) in [4.78, 5) is 0.328. The molecule has 4 nitrogen and oxygen atoms in total. The zero-order chi connectivity index (χ0) is 14.6. The average Bonchev–Trinajstić information content (AvgIpc) is 2.46. The van der Waals surface area contributed by atoms with E-state index in [1.807, 2.05) is 6.92 Å². The fraction of sp³-hybridized carbons (Fsp3) is 0.467. The number of sulfonamides is 1. The molecular formula is C15H22N2O2S. The first-order chi connectivity index (χ1) is 9.53. The smallest absolute Gasteiger partial charge is 0.240 e. The van der Waals surface area contributed by atoms with Gasteiger partial charge in [-0.2, -0.15) is 0 Å². The van der Waals surface area contributed by atoms with Gasteiger partial charge in [-0.05, 0) is 62.0 Å². The second-order valence-corrected chi connectivity index (χ2v) is 7.03. The lowest BCUT2D eigenvalue weighted by molar-refractivity contribution is 0.372. The SMILES string of the molecule is C=Cc1ccc(S(=O)(=O)NCC2CCNCC2)cc1C. The second-order valence-electron chi connectivity index (χ2n) is 5.27. The van der Waals surface area contributed by atoms with Gasteiger partial charge in [0, 0.05) is 6.54 Å². The molecule has 0 saturated carbocycles. The lowest BCUT2D eigenvalue weighted by Gasteiger charge is -2.22. The van der Waals surface area contributed by atoms with E-state index in [4.69, 9.17) is 0 Å². The minimum absolute atomic E-state index is 0.328. The van der Waals surface area contributed by atoms with Crippen LogP contribution in [0.15, 0.2) is 29.7 Å². The van der Waals surface area contributed by atoms with E-state index in [-0.39, 0.29) is 0 Å². The number of aryl methyl sites for hydroxylation is 1. The molecule has 0 atom stereocenters. The van der Waals surface area contributed by atoms with Crippen LogP contribution in [-0.2, 0) is 10.0 Å². The number of nitrogens with one attached hydrogen (secondary N) is 2. The molecule has 110 valence electrons. The molecule has 1 saturated heterocycles. The van der Waals surface area contributed by atoms with Crippen LogP contribution in [0.25, 0.3) is 6.08 Å². The van der Waals surface area contributed by atoms with Crippen molar-refractivity contribution in [3.05, 3.63) is 35.9 Å². The van der Waals surface area contributed by atoms with Gasteiger partial charge in [-0.15, -0.1) is 0 Å². The topological polar surface area (TPSA) is 58.2 Å². The highest BCUT2D eigenvalue weighted by molar-refractivity contribution is 7.89. The summed E-state index contributed by atoms with van der Waals surface area (Å²) < 4.78 is 27.3. The van der Waals surface area contributed by atoms with Crippen molar-refractivity contribution in [2.45, 2.75) is 24.7 Å². The normalized spacial score (nSPS) is 17.1. The van der Waals surface area contributed by atoms with E-state index in [0.717, 1.165) is 37.1 Å². The van der Waals surface area contributed by atoms with Crippen LogP contribution in [0.5, 0.6) is 0 Å². The molecule has 1 aliphatic rings. The molecule has 0 amide bonds. The lowest BCUT2D eigenvalue weighted by atomic mass is 9.99. The number of hydrogen-bond donors (Lipinski definition) is 2. The second kappa shape index (κ2) is 6.52. The molecule has 5 heteroatoms. The monoisotopic (exact) mass is 294 g/mol. The van der Waals surface area contributed by atoms with E-state index in [0.29, 0.717) is 17.4 Å². The van der Waals surface area contributed by atoms with Crippen molar-refractivity contribution in [2.75, 3.05) is 19.6 Å². The van der Waals surface area contributed by atoms with E-state index in [2.05, 4.69) is 16.6 Å². The Morgan fingerprint density at radius 1 is 1.40 bits per heavy atom. The van der Waals surface area contributed by atoms with Crippen LogP contribution in [0.1, 0.15) is 24.0 Å². The third-order valence-corrected chi connectivity index (χ3v) is 5.21. The van der Waals surface area contributed by atoms with E-state index in [1.165, 1.54) is 0 Å². The minimum atomic E-state index is -3.41. The summed E-state index contributed by atoms with van der Waals surface area (Å²) in [6, 6.07) is 5.12. The predicted molar refractivity (Wildman–Crippen MR) is 82.1 cm³/mol. The van der Waals surface area contributed by atoms with Crippen molar-refractivity contribution in [3.8, 4) is 0 Å². The maximum atomic E-state index is 12.3. The summed E-state index contributed by atoms with van der Waals surface area (Å²) in [7, 11) is -3.41. The van der Waals surface area contributed by atoms with Crippen LogP contribution in [0.4, 0.5) is 0 Å². The molecule has 0 radical (unpaired) electrons. The van der Waals surface area contributed by atoms with Gasteiger partial charge in [0.1, 0.15) is 0 Å². The number of benzene rings is 1. The Hall–Kier alpha value is -1.17. The van der Waals surface area contributed by atoms with Crippen molar-refractivity contribution >= 4 is 16.1 Å². The fourth-order valence-electron chi connectivity index (χ4n) is 2.44. The Labute approximate surface area is 121 Å². The molecule has 20 heavy (non-hydrogen) atoms. The molecule has 0 spiro atoms. The molecule has 0 bridgehead atoms. The largest absolute Gasteiger partial charge is 0.317 e. The Balaban J connectivity index is 2.05. The summed E-state index contributed by atoms with van der Waals surface area (Å²) in [5.41, 5.74) is 1.88. The third-order valence-electron chi connectivity index (χ3n) is 3.79. The molecule has 0 aliphatic carbocycles. The van der Waals surface area contributed by atoms with Crippen molar-refractivity contribution in [2.24, 2.45) is 5.92 Å². The first-order valence-corrected chi connectivity index (χ1v) is 8.45. The maximum absolute atomic E-state index is 12.3. The molecule has 1 aliphatic heterocycles. The first kappa shape index (κ1) is 15.2. The number of hydrogen-bond acceptors (Lipinski definition) is 3. The van der Waals surface area contributed by atoms with Crippen LogP contribution in [0.2, 0.25) is 0 Å². The number of piperidine rings is 1. The van der Waals surface area contributed by atoms with Gasteiger partial charge < -0.3 is 5.32 Å². The van der Waals surface area contributed by atoms with Crippen LogP contribution in [0.3, 0.4) is 0 Å². The molecule has 1 aromatic carbocycles. The molecule has 1 aromatic rings. The van der Waals surface area contributed by atoms with Crippen molar-refractivity contribution in [3.63, 3.8) is 0 Å². The summed E-state index contributed by atoms with van der Waals surface area (Å²) in [5, 5.41) is 3.28. The van der Waals surface area contributed by atoms with Gasteiger partial charge in [0.2, 0.25) is 10.0 Å². The Morgan fingerprint density at radius 2 is 2.10 bits per heavy atom. The van der Waals surface area contributed by atoms with E-state index < -0.39 is 10.0 Å². The molecular weight excluding hydrogens is 272 g/mol. The summed E-state index contributed by atoms with van der Waals surface area (Å²) >= 11 is 0. The fourth-order valence-corrected chi connectivity index (χ4v) is 3.64. The third kappa shape index (κ3) is 3.69. The lowest BCUT2D eigenvalue weighted by Crippen LogP contribution is -2.36. The van der Waals surface area contributed by atoms with E-state index in [9.17, 15) is 8.42 Å². The van der Waals surface area contributed by atoms with Gasteiger partial charge in [-0.25, -0.2) is 13.1 Å². The highest BCUT2D eigenvalue weighted by Gasteiger charge is 2.18.